The Morgan fingerprint density at radius 3 is 1.26 bits per heavy atom. The zero-order chi connectivity index (χ0) is 36.3. The summed E-state index contributed by atoms with van der Waals surface area (Å²) in [5, 5.41) is 42.8. The fraction of sp³-hybridized carbons (Fsp3) is 0.286. The zero-order valence-electron chi connectivity index (χ0n) is 26.1. The van der Waals surface area contributed by atoms with Crippen molar-refractivity contribution in [1.82, 2.24) is 29.9 Å². The fourth-order valence-electron chi connectivity index (χ4n) is 4.49. The molecule has 22 heteroatoms. The number of nitrogens with zero attached hydrogens (tertiary/aromatic N) is 8. The Bertz CT molecular complexity index is 1870. The molecule has 0 aliphatic carbocycles. The lowest BCUT2D eigenvalue weighted by Crippen LogP contribution is -2.31. The monoisotopic (exact) mass is 734 g/mol. The Morgan fingerprint density at radius 1 is 0.580 bits per heavy atom. The van der Waals surface area contributed by atoms with Gasteiger partial charge in [-0.1, -0.05) is 24.3 Å². The summed E-state index contributed by atoms with van der Waals surface area (Å²) < 4.78 is 69.4. The number of aliphatic hydroxyl groups excluding tert-OH is 4. The minimum absolute atomic E-state index is 0.00649. The van der Waals surface area contributed by atoms with E-state index in [0.717, 1.165) is 12.1 Å². The van der Waals surface area contributed by atoms with Crippen LogP contribution in [0.15, 0.2) is 58.8 Å². The third kappa shape index (κ3) is 10.3. The molecule has 2 aromatic carbocycles. The molecule has 0 aliphatic rings. The number of benzene rings is 2. The lowest BCUT2D eigenvalue weighted by atomic mass is 10.1. The summed E-state index contributed by atoms with van der Waals surface area (Å²) in [5.74, 6) is 0.259. The number of hydrogen-bond donors (Lipinski definition) is 8. The van der Waals surface area contributed by atoms with Gasteiger partial charge in [0.25, 0.3) is 20.2 Å². The maximum Gasteiger partial charge on any atom is 0.295 e. The number of aromatic nitrogens is 6. The summed E-state index contributed by atoms with van der Waals surface area (Å²) in [4.78, 5) is 26.4. The SMILES string of the molecule is O=S(=O)(O)c1cc(Nc2ncnc(N(CCO)CCO)n2)ccc1/C=C/c1ccc(Nc2ncnc(N(CCO)CCO)n2)cc1S(=O)(=O)O. The van der Waals surface area contributed by atoms with Crippen LogP contribution in [0.1, 0.15) is 11.1 Å². The zero-order valence-corrected chi connectivity index (χ0v) is 27.8. The molecular formula is C28H34N10O10S2. The van der Waals surface area contributed by atoms with Gasteiger partial charge in [-0.3, -0.25) is 9.11 Å². The molecule has 2 aromatic heterocycles. The smallest absolute Gasteiger partial charge is 0.295 e. The Balaban J connectivity index is 1.62. The third-order valence-corrected chi connectivity index (χ3v) is 8.52. The predicted molar refractivity (Wildman–Crippen MR) is 180 cm³/mol. The third-order valence-electron chi connectivity index (χ3n) is 6.70. The van der Waals surface area contributed by atoms with E-state index in [2.05, 4.69) is 40.5 Å². The largest absolute Gasteiger partial charge is 0.395 e. The maximum absolute atomic E-state index is 12.4. The van der Waals surface area contributed by atoms with Gasteiger partial charge in [-0.2, -0.15) is 26.8 Å². The molecule has 4 rings (SSSR count). The minimum atomic E-state index is -4.82. The van der Waals surface area contributed by atoms with Gasteiger partial charge < -0.3 is 40.9 Å². The summed E-state index contributed by atoms with van der Waals surface area (Å²) in [6.07, 6.45) is 4.80. The molecule has 20 nitrogen and oxygen atoms in total. The normalized spacial score (nSPS) is 11.9. The van der Waals surface area contributed by atoms with Crippen molar-refractivity contribution in [2.45, 2.75) is 9.79 Å². The van der Waals surface area contributed by atoms with Crippen LogP contribution in [0, 0.1) is 0 Å². The van der Waals surface area contributed by atoms with Crippen molar-refractivity contribution < 1.29 is 46.4 Å². The average Bonchev–Trinajstić information content (AvgIpc) is 3.07. The van der Waals surface area contributed by atoms with E-state index in [1.54, 1.807) is 0 Å². The topological polar surface area (TPSA) is 298 Å². The number of nitrogens with one attached hydrogen (secondary N) is 2. The highest BCUT2D eigenvalue weighted by Crippen LogP contribution is 2.28. The molecule has 8 N–H and O–H groups in total. The van der Waals surface area contributed by atoms with E-state index in [1.165, 1.54) is 58.9 Å². The second-order valence-corrected chi connectivity index (χ2v) is 12.9. The molecule has 0 amide bonds. The second-order valence-electron chi connectivity index (χ2n) is 10.1. The van der Waals surface area contributed by atoms with Crippen LogP contribution < -0.4 is 20.4 Å². The number of aliphatic hydroxyl groups is 4. The van der Waals surface area contributed by atoms with Crippen LogP contribution in [0.4, 0.5) is 35.2 Å². The molecule has 0 saturated heterocycles. The quantitative estimate of drug-likeness (QED) is 0.0484. The van der Waals surface area contributed by atoms with Crippen molar-refractivity contribution in [1.29, 1.82) is 0 Å². The summed E-state index contributed by atoms with van der Waals surface area (Å²) >= 11 is 0. The first kappa shape index (κ1) is 37.9. The average molecular weight is 735 g/mol. The van der Waals surface area contributed by atoms with Gasteiger partial charge >= 0.3 is 0 Å². The maximum atomic E-state index is 12.4. The molecule has 0 fully saturated rings. The van der Waals surface area contributed by atoms with E-state index in [0.29, 0.717) is 0 Å². The standard InChI is InChI=1S/C28H34N10O10S2/c39-11-7-37(8-12-40)27-31-17-29-25(35-27)33-21-5-3-19(23(15-21)49(43,44)45)1-2-20-4-6-22(16-24(20)50(46,47)48)34-26-30-18-32-28(36-26)38(9-13-41)10-14-42/h1-6,15-18,39-42H,7-14H2,(H,43,44,45)(H,46,47,48)(H,29,31,33,35)(H,30,32,34,36)/b2-1+. The van der Waals surface area contributed by atoms with Gasteiger partial charge in [0, 0.05) is 37.6 Å². The second kappa shape index (κ2) is 17.1. The molecule has 4 aromatic rings. The first-order chi connectivity index (χ1) is 23.9. The van der Waals surface area contributed by atoms with Crippen molar-refractivity contribution in [3.8, 4) is 0 Å². The Morgan fingerprint density at radius 2 is 0.940 bits per heavy atom. The molecule has 0 unspecified atom stereocenters. The van der Waals surface area contributed by atoms with E-state index in [1.807, 2.05) is 0 Å². The van der Waals surface area contributed by atoms with Crippen LogP contribution in [0.5, 0.6) is 0 Å². The fourth-order valence-corrected chi connectivity index (χ4v) is 5.91. The highest BCUT2D eigenvalue weighted by molar-refractivity contribution is 7.86. The van der Waals surface area contributed by atoms with Gasteiger partial charge in [-0.15, -0.1) is 0 Å². The summed E-state index contributed by atoms with van der Waals surface area (Å²) in [5.41, 5.74) is 0.217. The number of rotatable bonds is 18. The van der Waals surface area contributed by atoms with E-state index in [4.69, 9.17) is 0 Å². The van der Waals surface area contributed by atoms with Crippen molar-refractivity contribution in [3.05, 3.63) is 60.2 Å². The summed E-state index contributed by atoms with van der Waals surface area (Å²) in [6, 6.07) is 7.73. The van der Waals surface area contributed by atoms with Crippen LogP contribution in [0.2, 0.25) is 0 Å². The van der Waals surface area contributed by atoms with E-state index in [9.17, 15) is 46.4 Å². The molecule has 0 saturated carbocycles. The number of anilines is 6. The molecule has 0 spiro atoms. The van der Waals surface area contributed by atoms with Gasteiger partial charge in [0.1, 0.15) is 22.4 Å². The minimum Gasteiger partial charge on any atom is -0.395 e. The molecule has 50 heavy (non-hydrogen) atoms. The molecular weight excluding hydrogens is 701 g/mol. The molecule has 268 valence electrons. The van der Waals surface area contributed by atoms with Gasteiger partial charge in [0.05, 0.1) is 26.4 Å². The van der Waals surface area contributed by atoms with Crippen LogP contribution in [0.3, 0.4) is 0 Å². The van der Waals surface area contributed by atoms with E-state index < -0.39 is 30.0 Å². The Kier molecular flexibility index (Phi) is 13.0. The van der Waals surface area contributed by atoms with E-state index in [-0.39, 0.29) is 98.9 Å². The van der Waals surface area contributed by atoms with Crippen LogP contribution >= 0.6 is 0 Å². The molecule has 0 bridgehead atoms. The van der Waals surface area contributed by atoms with Gasteiger partial charge in [-0.25, -0.2) is 19.9 Å². The molecule has 0 aliphatic heterocycles. The van der Waals surface area contributed by atoms with E-state index >= 15 is 0 Å². The first-order valence-corrected chi connectivity index (χ1v) is 17.5. The van der Waals surface area contributed by atoms with Crippen molar-refractivity contribution >= 4 is 67.6 Å². The highest BCUT2D eigenvalue weighted by atomic mass is 32.2. The molecule has 0 atom stereocenters. The summed E-state index contributed by atoms with van der Waals surface area (Å²) in [7, 11) is -9.64. The Hall–Kier alpha value is -4.94. The molecule has 0 radical (unpaired) electrons. The number of hydrogen-bond acceptors (Lipinski definition) is 18. The van der Waals surface area contributed by atoms with Gasteiger partial charge in [0.2, 0.25) is 23.8 Å². The van der Waals surface area contributed by atoms with Crippen LogP contribution in [-0.2, 0) is 20.2 Å². The Labute approximate surface area is 286 Å². The van der Waals surface area contributed by atoms with Crippen molar-refractivity contribution in [2.24, 2.45) is 0 Å². The lowest BCUT2D eigenvalue weighted by Gasteiger charge is -2.20. The van der Waals surface area contributed by atoms with Gasteiger partial charge in [0.15, 0.2) is 0 Å². The summed E-state index contributed by atoms with van der Waals surface area (Å²) in [6.45, 7) is -0.384. The lowest BCUT2D eigenvalue weighted by molar-refractivity contribution is 0.279. The van der Waals surface area contributed by atoms with Crippen molar-refractivity contribution in [2.75, 3.05) is 73.0 Å². The predicted octanol–water partition coefficient (Wildman–Crippen LogP) is -0.210. The van der Waals surface area contributed by atoms with Gasteiger partial charge in [-0.05, 0) is 35.4 Å². The van der Waals surface area contributed by atoms with Crippen molar-refractivity contribution in [3.63, 3.8) is 0 Å². The highest BCUT2D eigenvalue weighted by Gasteiger charge is 2.19. The first-order valence-electron chi connectivity index (χ1n) is 14.6. The van der Waals surface area contributed by atoms with Crippen LogP contribution in [-0.4, -0.2) is 129 Å². The molecule has 2 heterocycles. The van der Waals surface area contributed by atoms with Crippen LogP contribution in [0.25, 0.3) is 12.2 Å².